The Balaban J connectivity index is 2.10. The van der Waals surface area contributed by atoms with Crippen LogP contribution < -0.4 is 10.5 Å². The lowest BCUT2D eigenvalue weighted by Gasteiger charge is -2.15. The molecule has 1 atom stereocenters. The molecular weight excluding hydrogens is 272 g/mol. The number of benzene rings is 1. The average Bonchev–Trinajstić information content (AvgIpc) is 2.47. The van der Waals surface area contributed by atoms with E-state index in [1.807, 2.05) is 30.3 Å². The monoisotopic (exact) mass is 290 g/mol. The highest BCUT2D eigenvalue weighted by Gasteiger charge is 2.09. The molecule has 0 saturated heterocycles. The summed E-state index contributed by atoms with van der Waals surface area (Å²) in [6.07, 6.45) is 5.21. The molecule has 106 valence electrons. The van der Waals surface area contributed by atoms with Crippen molar-refractivity contribution < 1.29 is 4.74 Å². The van der Waals surface area contributed by atoms with Crippen LogP contribution in [-0.2, 0) is 13.0 Å². The van der Waals surface area contributed by atoms with E-state index in [0.717, 1.165) is 29.7 Å². The van der Waals surface area contributed by atoms with Crippen LogP contribution in [0.3, 0.4) is 0 Å². The molecule has 0 amide bonds. The van der Waals surface area contributed by atoms with Gasteiger partial charge in [0, 0.05) is 23.5 Å². The first-order valence-corrected chi connectivity index (χ1v) is 7.12. The summed E-state index contributed by atoms with van der Waals surface area (Å²) in [5.41, 5.74) is 8.16. The van der Waals surface area contributed by atoms with Gasteiger partial charge < -0.3 is 10.5 Å². The van der Waals surface area contributed by atoms with Crippen LogP contribution >= 0.6 is 11.6 Å². The van der Waals surface area contributed by atoms with Crippen LogP contribution in [0.5, 0.6) is 5.75 Å². The third-order valence-electron chi connectivity index (χ3n) is 3.17. The van der Waals surface area contributed by atoms with Crippen molar-refractivity contribution in [3.05, 3.63) is 58.9 Å². The fraction of sp³-hybridized carbons (Fsp3) is 0.312. The van der Waals surface area contributed by atoms with Gasteiger partial charge in [0.25, 0.3) is 0 Å². The SMILES string of the molecule is CCC(N)Cc1cc(Cl)ccc1OCc1ccncc1. The molecule has 1 unspecified atom stereocenters. The van der Waals surface area contributed by atoms with Gasteiger partial charge in [0.05, 0.1) is 0 Å². The zero-order valence-corrected chi connectivity index (χ0v) is 12.3. The number of hydrogen-bond acceptors (Lipinski definition) is 3. The second-order valence-corrected chi connectivity index (χ2v) is 5.21. The van der Waals surface area contributed by atoms with Crippen LogP contribution in [0.15, 0.2) is 42.7 Å². The molecule has 4 heteroatoms. The fourth-order valence-electron chi connectivity index (χ4n) is 1.92. The largest absolute Gasteiger partial charge is 0.489 e. The molecule has 20 heavy (non-hydrogen) atoms. The lowest BCUT2D eigenvalue weighted by Crippen LogP contribution is -2.21. The highest BCUT2D eigenvalue weighted by molar-refractivity contribution is 6.30. The Morgan fingerprint density at radius 2 is 2.00 bits per heavy atom. The van der Waals surface area contributed by atoms with Gasteiger partial charge in [-0.05, 0) is 54.3 Å². The van der Waals surface area contributed by atoms with Crippen molar-refractivity contribution in [1.82, 2.24) is 4.98 Å². The molecule has 0 aliphatic rings. The summed E-state index contributed by atoms with van der Waals surface area (Å²) in [4.78, 5) is 3.99. The maximum Gasteiger partial charge on any atom is 0.123 e. The van der Waals surface area contributed by atoms with Gasteiger partial charge in [0.15, 0.2) is 0 Å². The van der Waals surface area contributed by atoms with Crippen LogP contribution in [0, 0.1) is 0 Å². The molecule has 0 aliphatic carbocycles. The topological polar surface area (TPSA) is 48.1 Å². The van der Waals surface area contributed by atoms with Crippen LogP contribution in [-0.4, -0.2) is 11.0 Å². The molecule has 2 rings (SSSR count). The van der Waals surface area contributed by atoms with E-state index in [0.29, 0.717) is 11.6 Å². The molecule has 0 bridgehead atoms. The van der Waals surface area contributed by atoms with Gasteiger partial charge in [-0.2, -0.15) is 0 Å². The molecule has 0 spiro atoms. The van der Waals surface area contributed by atoms with Crippen molar-refractivity contribution in [1.29, 1.82) is 0 Å². The van der Waals surface area contributed by atoms with Gasteiger partial charge >= 0.3 is 0 Å². The summed E-state index contributed by atoms with van der Waals surface area (Å²) in [7, 11) is 0. The Morgan fingerprint density at radius 3 is 2.70 bits per heavy atom. The predicted octanol–water partition coefficient (Wildman–Crippen LogP) is 3.59. The normalized spacial score (nSPS) is 12.2. The summed E-state index contributed by atoms with van der Waals surface area (Å²) >= 11 is 6.06. The van der Waals surface area contributed by atoms with Crippen LogP contribution in [0.2, 0.25) is 5.02 Å². The second-order valence-electron chi connectivity index (χ2n) is 4.77. The van der Waals surface area contributed by atoms with Gasteiger partial charge in [0.1, 0.15) is 12.4 Å². The molecule has 0 fully saturated rings. The Morgan fingerprint density at radius 1 is 1.25 bits per heavy atom. The van der Waals surface area contributed by atoms with E-state index in [4.69, 9.17) is 22.1 Å². The number of pyridine rings is 1. The minimum absolute atomic E-state index is 0.122. The molecule has 0 saturated carbocycles. The molecule has 1 heterocycles. The predicted molar refractivity (Wildman–Crippen MR) is 82.0 cm³/mol. The number of hydrogen-bond donors (Lipinski definition) is 1. The summed E-state index contributed by atoms with van der Waals surface area (Å²) in [6, 6.07) is 9.67. The highest BCUT2D eigenvalue weighted by Crippen LogP contribution is 2.25. The maximum atomic E-state index is 6.06. The van der Waals surface area contributed by atoms with Crippen molar-refractivity contribution in [2.75, 3.05) is 0 Å². The summed E-state index contributed by atoms with van der Waals surface area (Å²) in [5, 5.41) is 0.708. The minimum atomic E-state index is 0.122. The van der Waals surface area contributed by atoms with E-state index < -0.39 is 0 Å². The maximum absolute atomic E-state index is 6.06. The van der Waals surface area contributed by atoms with Gasteiger partial charge in [-0.1, -0.05) is 18.5 Å². The molecule has 3 nitrogen and oxygen atoms in total. The summed E-state index contributed by atoms with van der Waals surface area (Å²) in [5.74, 6) is 0.843. The first-order chi connectivity index (χ1) is 9.69. The third-order valence-corrected chi connectivity index (χ3v) is 3.41. The number of ether oxygens (including phenoxy) is 1. The lowest BCUT2D eigenvalue weighted by molar-refractivity contribution is 0.302. The van der Waals surface area contributed by atoms with E-state index in [-0.39, 0.29) is 6.04 Å². The van der Waals surface area contributed by atoms with E-state index in [2.05, 4.69) is 11.9 Å². The first-order valence-electron chi connectivity index (χ1n) is 6.74. The van der Waals surface area contributed by atoms with E-state index in [9.17, 15) is 0 Å². The Labute approximate surface area is 124 Å². The second kappa shape index (κ2) is 7.27. The van der Waals surface area contributed by atoms with Gasteiger partial charge in [-0.3, -0.25) is 4.98 Å². The average molecular weight is 291 g/mol. The van der Waals surface area contributed by atoms with Crippen molar-refractivity contribution in [2.24, 2.45) is 5.73 Å². The number of aromatic nitrogens is 1. The van der Waals surface area contributed by atoms with E-state index >= 15 is 0 Å². The Hall–Kier alpha value is -1.58. The van der Waals surface area contributed by atoms with Crippen molar-refractivity contribution in [3.63, 3.8) is 0 Å². The molecule has 1 aromatic heterocycles. The smallest absolute Gasteiger partial charge is 0.123 e. The quantitative estimate of drug-likeness (QED) is 0.884. The van der Waals surface area contributed by atoms with Gasteiger partial charge in [-0.15, -0.1) is 0 Å². The minimum Gasteiger partial charge on any atom is -0.489 e. The van der Waals surface area contributed by atoms with E-state index in [1.165, 1.54) is 0 Å². The van der Waals surface area contributed by atoms with Crippen molar-refractivity contribution in [2.45, 2.75) is 32.4 Å². The van der Waals surface area contributed by atoms with Gasteiger partial charge in [-0.25, -0.2) is 0 Å². The number of nitrogens with two attached hydrogens (primary N) is 1. The number of rotatable bonds is 6. The molecule has 2 N–H and O–H groups in total. The molecule has 0 radical (unpaired) electrons. The highest BCUT2D eigenvalue weighted by atomic mass is 35.5. The van der Waals surface area contributed by atoms with Crippen molar-refractivity contribution >= 4 is 11.6 Å². The third kappa shape index (κ3) is 4.22. The van der Waals surface area contributed by atoms with Gasteiger partial charge in [0.2, 0.25) is 0 Å². The standard InChI is InChI=1S/C16H19ClN2O/c1-2-15(18)10-13-9-14(17)3-4-16(13)20-11-12-5-7-19-8-6-12/h3-9,15H,2,10-11,18H2,1H3. The summed E-state index contributed by atoms with van der Waals surface area (Å²) < 4.78 is 5.88. The molecule has 1 aromatic carbocycles. The Bertz CT molecular complexity index is 545. The molecule has 2 aromatic rings. The summed E-state index contributed by atoms with van der Waals surface area (Å²) in [6.45, 7) is 2.59. The Kier molecular flexibility index (Phi) is 5.39. The van der Waals surface area contributed by atoms with E-state index in [1.54, 1.807) is 12.4 Å². The van der Waals surface area contributed by atoms with Crippen LogP contribution in [0.25, 0.3) is 0 Å². The zero-order valence-electron chi connectivity index (χ0n) is 11.6. The number of nitrogens with zero attached hydrogens (tertiary/aromatic N) is 1. The lowest BCUT2D eigenvalue weighted by atomic mass is 10.0. The zero-order chi connectivity index (χ0) is 14.4. The molecule has 0 aliphatic heterocycles. The first kappa shape index (κ1) is 14.8. The van der Waals surface area contributed by atoms with Crippen LogP contribution in [0.4, 0.5) is 0 Å². The number of halogens is 1. The molecular formula is C16H19ClN2O. The van der Waals surface area contributed by atoms with Crippen LogP contribution in [0.1, 0.15) is 24.5 Å². The van der Waals surface area contributed by atoms with Crippen molar-refractivity contribution in [3.8, 4) is 5.75 Å². The fourth-order valence-corrected chi connectivity index (χ4v) is 2.11.